The van der Waals surface area contributed by atoms with Crippen LogP contribution in [0, 0.1) is 0 Å². The number of hydrogen-bond donors (Lipinski definition) is 1. The minimum atomic E-state index is 0.135. The van der Waals surface area contributed by atoms with Crippen LogP contribution in [0.1, 0.15) is 13.3 Å². The van der Waals surface area contributed by atoms with Gasteiger partial charge < -0.3 is 5.11 Å². The zero-order valence-electron chi connectivity index (χ0n) is 4.07. The molecule has 0 rings (SSSR count). The lowest BCUT2D eigenvalue weighted by Crippen LogP contribution is -1.82. The zero-order chi connectivity index (χ0) is 4.99. The highest BCUT2D eigenvalue weighted by atomic mass is 16.3. The Kier molecular flexibility index (Phi) is 2.77. The summed E-state index contributed by atoms with van der Waals surface area (Å²) in [5.41, 5.74) is 0.898. The fraction of sp³-hybridized carbons (Fsp3) is 0.600. The Hall–Kier alpha value is -0.300. The molecule has 0 aromatic carbocycles. The second kappa shape index (κ2) is 2.91. The van der Waals surface area contributed by atoms with Gasteiger partial charge in [0, 0.05) is 0 Å². The first-order valence-electron chi connectivity index (χ1n) is 2.08. The molecule has 1 heteroatoms. The SMILES string of the molecule is C=C(CC)CO. The van der Waals surface area contributed by atoms with Gasteiger partial charge in [0.2, 0.25) is 0 Å². The van der Waals surface area contributed by atoms with Gasteiger partial charge in [-0.1, -0.05) is 19.1 Å². The molecule has 0 aromatic rings. The van der Waals surface area contributed by atoms with E-state index < -0.39 is 0 Å². The Bertz CT molecular complexity index is 41.9. The van der Waals surface area contributed by atoms with E-state index in [2.05, 4.69) is 6.58 Å². The molecular weight excluding hydrogens is 76.1 g/mol. The summed E-state index contributed by atoms with van der Waals surface area (Å²) in [5, 5.41) is 8.24. The highest BCUT2D eigenvalue weighted by Crippen LogP contribution is 1.90. The maximum absolute atomic E-state index is 8.24. The molecule has 0 atom stereocenters. The first-order chi connectivity index (χ1) is 2.81. The highest BCUT2D eigenvalue weighted by Gasteiger charge is 1.79. The van der Waals surface area contributed by atoms with Crippen LogP contribution in [-0.2, 0) is 0 Å². The molecule has 6 heavy (non-hydrogen) atoms. The molecule has 0 bridgehead atoms. The summed E-state index contributed by atoms with van der Waals surface area (Å²) in [4.78, 5) is 0. The van der Waals surface area contributed by atoms with Crippen molar-refractivity contribution in [2.24, 2.45) is 0 Å². The lowest BCUT2D eigenvalue weighted by Gasteiger charge is -1.88. The van der Waals surface area contributed by atoms with E-state index in [1.54, 1.807) is 0 Å². The molecule has 1 N–H and O–H groups in total. The van der Waals surface area contributed by atoms with Crippen molar-refractivity contribution in [1.29, 1.82) is 0 Å². The van der Waals surface area contributed by atoms with Gasteiger partial charge >= 0.3 is 0 Å². The van der Waals surface area contributed by atoms with Crippen molar-refractivity contribution >= 4 is 0 Å². The fourth-order valence-electron chi connectivity index (χ4n) is 0.112. The van der Waals surface area contributed by atoms with E-state index in [-0.39, 0.29) is 6.61 Å². The average Bonchev–Trinajstić information content (AvgIpc) is 1.65. The third-order valence-electron chi connectivity index (χ3n) is 0.724. The minimum Gasteiger partial charge on any atom is -0.392 e. The smallest absolute Gasteiger partial charge is 0.0639 e. The van der Waals surface area contributed by atoms with E-state index in [0.717, 1.165) is 12.0 Å². The summed E-state index contributed by atoms with van der Waals surface area (Å²) in [5.74, 6) is 0. The molecule has 0 saturated heterocycles. The van der Waals surface area contributed by atoms with Crippen molar-refractivity contribution in [2.45, 2.75) is 13.3 Å². The molecule has 0 saturated carbocycles. The van der Waals surface area contributed by atoms with Crippen molar-refractivity contribution in [3.63, 3.8) is 0 Å². The fourth-order valence-corrected chi connectivity index (χ4v) is 0.112. The van der Waals surface area contributed by atoms with Gasteiger partial charge in [0.1, 0.15) is 0 Å². The molecule has 0 radical (unpaired) electrons. The Morgan fingerprint density at radius 1 is 1.83 bits per heavy atom. The minimum absolute atomic E-state index is 0.135. The molecule has 0 aliphatic heterocycles. The zero-order valence-corrected chi connectivity index (χ0v) is 4.07. The second-order valence-electron chi connectivity index (χ2n) is 1.26. The Morgan fingerprint density at radius 2 is 2.33 bits per heavy atom. The maximum Gasteiger partial charge on any atom is 0.0639 e. The van der Waals surface area contributed by atoms with Gasteiger partial charge in [0.25, 0.3) is 0 Å². The third-order valence-corrected chi connectivity index (χ3v) is 0.724. The van der Waals surface area contributed by atoms with Crippen molar-refractivity contribution in [2.75, 3.05) is 6.61 Å². The molecule has 0 aliphatic carbocycles. The Labute approximate surface area is 38.3 Å². The first-order valence-corrected chi connectivity index (χ1v) is 2.08. The molecule has 1 nitrogen and oxygen atoms in total. The van der Waals surface area contributed by atoms with Crippen LogP contribution in [0.2, 0.25) is 0 Å². The lowest BCUT2D eigenvalue weighted by atomic mass is 10.3. The quantitative estimate of drug-likeness (QED) is 0.496. The van der Waals surface area contributed by atoms with Gasteiger partial charge in [0.15, 0.2) is 0 Å². The van der Waals surface area contributed by atoms with E-state index in [4.69, 9.17) is 5.11 Å². The van der Waals surface area contributed by atoms with Gasteiger partial charge in [-0.05, 0) is 6.42 Å². The molecule has 0 amide bonds. The topological polar surface area (TPSA) is 20.2 Å². The Morgan fingerprint density at radius 3 is 2.33 bits per heavy atom. The van der Waals surface area contributed by atoms with E-state index in [1.165, 1.54) is 0 Å². The summed E-state index contributed by atoms with van der Waals surface area (Å²) in [7, 11) is 0. The second-order valence-corrected chi connectivity index (χ2v) is 1.26. The third kappa shape index (κ3) is 1.97. The van der Waals surface area contributed by atoms with Gasteiger partial charge in [-0.25, -0.2) is 0 Å². The molecule has 0 heterocycles. The number of aliphatic hydroxyl groups is 1. The molecule has 0 unspecified atom stereocenters. The summed E-state index contributed by atoms with van der Waals surface area (Å²) in [6.45, 7) is 5.65. The molecular formula is C5H10O. The van der Waals surface area contributed by atoms with Gasteiger partial charge in [0.05, 0.1) is 6.61 Å². The largest absolute Gasteiger partial charge is 0.392 e. The van der Waals surface area contributed by atoms with Crippen molar-refractivity contribution in [3.05, 3.63) is 12.2 Å². The molecule has 36 valence electrons. The highest BCUT2D eigenvalue weighted by molar-refractivity contribution is 4.90. The summed E-state index contributed by atoms with van der Waals surface area (Å²) < 4.78 is 0. The number of rotatable bonds is 2. The van der Waals surface area contributed by atoms with Crippen LogP contribution in [0.25, 0.3) is 0 Å². The van der Waals surface area contributed by atoms with Crippen LogP contribution in [-0.4, -0.2) is 11.7 Å². The van der Waals surface area contributed by atoms with Gasteiger partial charge in [-0.2, -0.15) is 0 Å². The summed E-state index contributed by atoms with van der Waals surface area (Å²) >= 11 is 0. The van der Waals surface area contributed by atoms with Crippen LogP contribution in [0.3, 0.4) is 0 Å². The monoisotopic (exact) mass is 86.1 g/mol. The Balaban J connectivity index is 2.99. The normalized spacial score (nSPS) is 8.33. The molecule has 0 spiro atoms. The van der Waals surface area contributed by atoms with Gasteiger partial charge in [-0.3, -0.25) is 0 Å². The van der Waals surface area contributed by atoms with E-state index in [9.17, 15) is 0 Å². The summed E-state index contributed by atoms with van der Waals surface area (Å²) in [6, 6.07) is 0. The standard InChI is InChI=1S/C5H10O/c1-3-5(2)4-6/h6H,2-4H2,1H3. The van der Waals surface area contributed by atoms with Crippen LogP contribution >= 0.6 is 0 Å². The number of aliphatic hydroxyl groups excluding tert-OH is 1. The van der Waals surface area contributed by atoms with Crippen molar-refractivity contribution in [3.8, 4) is 0 Å². The van der Waals surface area contributed by atoms with Gasteiger partial charge in [-0.15, -0.1) is 0 Å². The van der Waals surface area contributed by atoms with E-state index in [1.807, 2.05) is 6.92 Å². The molecule has 0 fully saturated rings. The van der Waals surface area contributed by atoms with E-state index >= 15 is 0 Å². The van der Waals surface area contributed by atoms with Crippen LogP contribution in [0.5, 0.6) is 0 Å². The van der Waals surface area contributed by atoms with Crippen LogP contribution in [0.4, 0.5) is 0 Å². The number of hydrogen-bond acceptors (Lipinski definition) is 1. The van der Waals surface area contributed by atoms with Crippen molar-refractivity contribution in [1.82, 2.24) is 0 Å². The molecule has 0 aromatic heterocycles. The van der Waals surface area contributed by atoms with Crippen LogP contribution in [0.15, 0.2) is 12.2 Å². The van der Waals surface area contributed by atoms with Crippen LogP contribution < -0.4 is 0 Å². The lowest BCUT2D eigenvalue weighted by molar-refractivity contribution is 0.328. The predicted octanol–water partition coefficient (Wildman–Crippen LogP) is 0.945. The summed E-state index contributed by atoms with van der Waals surface area (Å²) in [6.07, 6.45) is 0.885. The van der Waals surface area contributed by atoms with E-state index in [0.29, 0.717) is 0 Å². The van der Waals surface area contributed by atoms with Crippen molar-refractivity contribution < 1.29 is 5.11 Å². The molecule has 0 aliphatic rings. The predicted molar refractivity (Wildman–Crippen MR) is 26.5 cm³/mol. The maximum atomic E-state index is 8.24. The average molecular weight is 86.1 g/mol. The first kappa shape index (κ1) is 5.70.